The Labute approximate surface area is 71.6 Å². The van der Waals surface area contributed by atoms with E-state index in [1.165, 1.54) is 19.3 Å². The second kappa shape index (κ2) is 3.01. The monoisotopic (exact) mass is 164 g/mol. The molecule has 1 aromatic rings. The highest BCUT2D eigenvalue weighted by Gasteiger charge is 2.18. The van der Waals surface area contributed by atoms with Crippen LogP contribution in [-0.2, 0) is 0 Å². The molecule has 1 aliphatic rings. The molecule has 0 spiro atoms. The minimum atomic E-state index is 0.409. The summed E-state index contributed by atoms with van der Waals surface area (Å²) in [7, 11) is 0. The van der Waals surface area contributed by atoms with Crippen LogP contribution in [0.1, 0.15) is 19.3 Å². The average molecular weight is 164 g/mol. The van der Waals surface area contributed by atoms with E-state index in [1.807, 2.05) is 6.07 Å². The second-order valence-corrected chi connectivity index (χ2v) is 3.09. The van der Waals surface area contributed by atoms with Crippen LogP contribution in [0.4, 0.5) is 5.82 Å². The fourth-order valence-corrected chi connectivity index (χ4v) is 1.18. The van der Waals surface area contributed by atoms with E-state index < -0.39 is 0 Å². The van der Waals surface area contributed by atoms with E-state index >= 15 is 0 Å². The number of ether oxygens (including phenoxy) is 1. The van der Waals surface area contributed by atoms with Crippen LogP contribution in [0.2, 0.25) is 0 Å². The number of hydrogen-bond acceptors (Lipinski definition) is 3. The summed E-state index contributed by atoms with van der Waals surface area (Å²) in [6.45, 7) is 0. The van der Waals surface area contributed by atoms with Gasteiger partial charge in [0, 0.05) is 12.3 Å². The van der Waals surface area contributed by atoms with Gasteiger partial charge in [0.1, 0.15) is 11.6 Å². The highest BCUT2D eigenvalue weighted by molar-refractivity contribution is 5.35. The van der Waals surface area contributed by atoms with Gasteiger partial charge in [0.2, 0.25) is 0 Å². The summed E-state index contributed by atoms with van der Waals surface area (Å²) in [5.74, 6) is 1.36. The lowest BCUT2D eigenvalue weighted by Gasteiger charge is -2.26. The van der Waals surface area contributed by atoms with Crippen LogP contribution in [0.15, 0.2) is 18.3 Å². The van der Waals surface area contributed by atoms with Gasteiger partial charge >= 0.3 is 0 Å². The van der Waals surface area contributed by atoms with E-state index in [4.69, 9.17) is 10.5 Å². The van der Waals surface area contributed by atoms with Crippen LogP contribution in [-0.4, -0.2) is 11.1 Å². The Hall–Kier alpha value is -1.25. The van der Waals surface area contributed by atoms with Crippen molar-refractivity contribution in [3.05, 3.63) is 18.3 Å². The number of hydrogen-bond donors (Lipinski definition) is 1. The van der Waals surface area contributed by atoms with E-state index in [-0.39, 0.29) is 0 Å². The van der Waals surface area contributed by atoms with Crippen molar-refractivity contribution in [2.45, 2.75) is 25.4 Å². The summed E-state index contributed by atoms with van der Waals surface area (Å²) >= 11 is 0. The molecule has 0 radical (unpaired) electrons. The number of nitrogens with two attached hydrogens (primary N) is 1. The van der Waals surface area contributed by atoms with Crippen molar-refractivity contribution in [1.29, 1.82) is 0 Å². The van der Waals surface area contributed by atoms with Gasteiger partial charge in [-0.25, -0.2) is 4.98 Å². The first-order valence-corrected chi connectivity index (χ1v) is 4.23. The maximum absolute atomic E-state index is 5.61. The van der Waals surface area contributed by atoms with E-state index in [1.54, 1.807) is 12.3 Å². The van der Waals surface area contributed by atoms with Crippen molar-refractivity contribution in [3.8, 4) is 5.75 Å². The lowest BCUT2D eigenvalue weighted by molar-refractivity contribution is 0.120. The molecular formula is C9H12N2O. The molecule has 12 heavy (non-hydrogen) atoms. The number of pyridine rings is 1. The zero-order valence-electron chi connectivity index (χ0n) is 6.86. The molecule has 1 aromatic heterocycles. The third-order valence-electron chi connectivity index (χ3n) is 2.11. The number of aromatic nitrogens is 1. The molecule has 0 aromatic carbocycles. The molecule has 0 aliphatic heterocycles. The number of anilines is 1. The minimum Gasteiger partial charge on any atom is -0.490 e. The van der Waals surface area contributed by atoms with Crippen LogP contribution >= 0.6 is 0 Å². The predicted octanol–water partition coefficient (Wildman–Crippen LogP) is 1.60. The average Bonchev–Trinajstić information content (AvgIpc) is 1.97. The standard InChI is InChI=1S/C9H12N2O/c10-9-6-8(4-5-11-9)12-7-2-1-3-7/h4-7H,1-3H2,(H2,10,11). The van der Waals surface area contributed by atoms with E-state index in [0.717, 1.165) is 5.75 Å². The van der Waals surface area contributed by atoms with Gasteiger partial charge in [-0.1, -0.05) is 0 Å². The van der Waals surface area contributed by atoms with Gasteiger partial charge in [0.15, 0.2) is 0 Å². The van der Waals surface area contributed by atoms with Crippen LogP contribution in [0.3, 0.4) is 0 Å². The van der Waals surface area contributed by atoms with Crippen molar-refractivity contribution in [3.63, 3.8) is 0 Å². The zero-order valence-corrected chi connectivity index (χ0v) is 6.86. The van der Waals surface area contributed by atoms with E-state index in [9.17, 15) is 0 Å². The van der Waals surface area contributed by atoms with Gasteiger partial charge in [-0.15, -0.1) is 0 Å². The molecule has 1 aliphatic carbocycles. The molecule has 0 unspecified atom stereocenters. The topological polar surface area (TPSA) is 48.1 Å². The zero-order chi connectivity index (χ0) is 8.39. The summed E-state index contributed by atoms with van der Waals surface area (Å²) < 4.78 is 5.61. The highest BCUT2D eigenvalue weighted by atomic mass is 16.5. The third kappa shape index (κ3) is 1.49. The van der Waals surface area contributed by atoms with Crippen molar-refractivity contribution < 1.29 is 4.74 Å². The number of rotatable bonds is 2. The first-order valence-electron chi connectivity index (χ1n) is 4.23. The first kappa shape index (κ1) is 7.40. The fourth-order valence-electron chi connectivity index (χ4n) is 1.18. The quantitative estimate of drug-likeness (QED) is 0.722. The predicted molar refractivity (Wildman–Crippen MR) is 46.9 cm³/mol. The third-order valence-corrected chi connectivity index (χ3v) is 2.11. The lowest BCUT2D eigenvalue weighted by Crippen LogP contribution is -2.24. The maximum Gasteiger partial charge on any atom is 0.126 e. The first-order chi connectivity index (χ1) is 5.84. The van der Waals surface area contributed by atoms with Gasteiger partial charge in [-0.05, 0) is 25.3 Å². The molecule has 2 N–H and O–H groups in total. The van der Waals surface area contributed by atoms with Gasteiger partial charge in [-0.2, -0.15) is 0 Å². The van der Waals surface area contributed by atoms with E-state index in [2.05, 4.69) is 4.98 Å². The molecule has 0 bridgehead atoms. The molecular weight excluding hydrogens is 152 g/mol. The minimum absolute atomic E-state index is 0.409. The number of nitrogen functional groups attached to an aromatic ring is 1. The summed E-state index contributed by atoms with van der Waals surface area (Å²) in [5.41, 5.74) is 5.50. The van der Waals surface area contributed by atoms with Gasteiger partial charge < -0.3 is 10.5 Å². The van der Waals surface area contributed by atoms with Crippen LogP contribution in [0, 0.1) is 0 Å². The van der Waals surface area contributed by atoms with Crippen molar-refractivity contribution in [2.75, 3.05) is 5.73 Å². The molecule has 0 saturated heterocycles. The summed E-state index contributed by atoms with van der Waals surface area (Å²) in [6.07, 6.45) is 5.70. The Morgan fingerprint density at radius 3 is 2.92 bits per heavy atom. The maximum atomic E-state index is 5.61. The van der Waals surface area contributed by atoms with Gasteiger partial charge in [0.25, 0.3) is 0 Å². The molecule has 0 atom stereocenters. The second-order valence-electron chi connectivity index (χ2n) is 3.09. The number of nitrogens with zero attached hydrogens (tertiary/aromatic N) is 1. The molecule has 3 heteroatoms. The van der Waals surface area contributed by atoms with Crippen LogP contribution < -0.4 is 10.5 Å². The molecule has 2 rings (SSSR count). The van der Waals surface area contributed by atoms with E-state index in [0.29, 0.717) is 11.9 Å². The highest BCUT2D eigenvalue weighted by Crippen LogP contribution is 2.25. The molecule has 3 nitrogen and oxygen atoms in total. The largest absolute Gasteiger partial charge is 0.490 e. The van der Waals surface area contributed by atoms with Gasteiger partial charge in [0.05, 0.1) is 6.10 Å². The molecule has 1 saturated carbocycles. The SMILES string of the molecule is Nc1cc(OC2CCC2)ccn1. The van der Waals surface area contributed by atoms with Gasteiger partial charge in [-0.3, -0.25) is 0 Å². The Bertz CT molecular complexity index is 271. The molecule has 1 heterocycles. The lowest BCUT2D eigenvalue weighted by atomic mass is 9.96. The molecule has 0 amide bonds. The summed E-state index contributed by atoms with van der Waals surface area (Å²) in [6, 6.07) is 3.60. The van der Waals surface area contributed by atoms with Crippen molar-refractivity contribution >= 4 is 5.82 Å². The normalized spacial score (nSPS) is 17.0. The Kier molecular flexibility index (Phi) is 1.86. The smallest absolute Gasteiger partial charge is 0.126 e. The van der Waals surface area contributed by atoms with Crippen molar-refractivity contribution in [1.82, 2.24) is 4.98 Å². The fraction of sp³-hybridized carbons (Fsp3) is 0.444. The van der Waals surface area contributed by atoms with Crippen LogP contribution in [0.25, 0.3) is 0 Å². The Morgan fingerprint density at radius 1 is 1.50 bits per heavy atom. The molecule has 64 valence electrons. The van der Waals surface area contributed by atoms with Crippen molar-refractivity contribution in [2.24, 2.45) is 0 Å². The Balaban J connectivity index is 2.02. The Morgan fingerprint density at radius 2 is 2.33 bits per heavy atom. The summed E-state index contributed by atoms with van der Waals surface area (Å²) in [5, 5.41) is 0. The molecule has 1 fully saturated rings. The summed E-state index contributed by atoms with van der Waals surface area (Å²) in [4.78, 5) is 3.89. The van der Waals surface area contributed by atoms with Crippen LogP contribution in [0.5, 0.6) is 5.75 Å².